The van der Waals surface area contributed by atoms with Gasteiger partial charge in [0, 0.05) is 23.9 Å². The Morgan fingerprint density at radius 3 is 2.66 bits per heavy atom. The first-order chi connectivity index (χ1) is 18.5. The highest BCUT2D eigenvalue weighted by atomic mass is 35.5. The van der Waals surface area contributed by atoms with E-state index in [9.17, 15) is 14.7 Å². The fraction of sp³-hybridized carbons (Fsp3) is 0.269. The highest BCUT2D eigenvalue weighted by Crippen LogP contribution is 2.30. The normalized spacial score (nSPS) is 15.8. The second-order valence-electron chi connectivity index (χ2n) is 8.74. The van der Waals surface area contributed by atoms with E-state index >= 15 is 0 Å². The van der Waals surface area contributed by atoms with E-state index in [4.69, 9.17) is 16.3 Å². The highest BCUT2D eigenvalue weighted by molar-refractivity contribution is 7.13. The zero-order valence-electron chi connectivity index (χ0n) is 20.2. The number of rotatable bonds is 9. The second kappa shape index (κ2) is 11.7. The van der Waals surface area contributed by atoms with Crippen LogP contribution in [0.4, 0.5) is 5.69 Å². The summed E-state index contributed by atoms with van der Waals surface area (Å²) in [6.45, 7) is 0.731. The number of hydrogen-bond acceptors (Lipinski definition) is 8. The lowest BCUT2D eigenvalue weighted by atomic mass is 10.0. The van der Waals surface area contributed by atoms with Gasteiger partial charge in [-0.3, -0.25) is 14.5 Å². The van der Waals surface area contributed by atoms with Crippen LogP contribution < -0.4 is 10.2 Å². The number of carbonyl (C=O) groups excluding carboxylic acids is 2. The first kappa shape index (κ1) is 25.8. The van der Waals surface area contributed by atoms with Crippen LogP contribution >= 0.6 is 22.9 Å². The number of tetrazole rings is 1. The Morgan fingerprint density at radius 2 is 1.97 bits per heavy atom. The van der Waals surface area contributed by atoms with Crippen LogP contribution in [-0.4, -0.2) is 56.4 Å². The molecule has 10 nitrogen and oxygen atoms in total. The number of nitrogens with zero attached hydrogens (tertiary/aromatic N) is 5. The predicted molar refractivity (Wildman–Crippen MR) is 143 cm³/mol. The topological polar surface area (TPSA) is 122 Å². The van der Waals surface area contributed by atoms with Crippen molar-refractivity contribution >= 4 is 40.4 Å². The van der Waals surface area contributed by atoms with E-state index in [1.165, 1.54) is 33.2 Å². The van der Waals surface area contributed by atoms with Crippen molar-refractivity contribution in [2.45, 2.75) is 31.5 Å². The molecule has 2 N–H and O–H groups in total. The third kappa shape index (κ3) is 6.01. The third-order valence-electron chi connectivity index (χ3n) is 6.09. The summed E-state index contributed by atoms with van der Waals surface area (Å²) >= 11 is 7.59. The van der Waals surface area contributed by atoms with Gasteiger partial charge in [0.25, 0.3) is 5.91 Å². The Hall–Kier alpha value is -3.80. The summed E-state index contributed by atoms with van der Waals surface area (Å²) in [6, 6.07) is 15.5. The van der Waals surface area contributed by atoms with Crippen molar-refractivity contribution in [3.05, 3.63) is 76.6 Å². The van der Waals surface area contributed by atoms with Crippen molar-refractivity contribution in [3.63, 3.8) is 0 Å². The van der Waals surface area contributed by atoms with E-state index in [2.05, 4.69) is 20.7 Å². The molecule has 2 aromatic carbocycles. The van der Waals surface area contributed by atoms with E-state index < -0.39 is 11.9 Å². The molecule has 0 saturated carbocycles. The summed E-state index contributed by atoms with van der Waals surface area (Å²) < 4.78 is 5.65. The number of benzene rings is 2. The number of phenols is 1. The van der Waals surface area contributed by atoms with Gasteiger partial charge in [-0.25, -0.2) is 0 Å². The minimum atomic E-state index is -1.05. The molecule has 1 aliphatic heterocycles. The number of amides is 2. The summed E-state index contributed by atoms with van der Waals surface area (Å²) in [5, 5.41) is 27.6. The number of phenolic OH excluding ortho intramolecular Hbond substituents is 1. The van der Waals surface area contributed by atoms with Gasteiger partial charge in [0.05, 0.1) is 11.0 Å². The Kier molecular flexibility index (Phi) is 7.97. The molecule has 3 heterocycles. The zero-order chi connectivity index (χ0) is 26.5. The smallest absolute Gasteiger partial charge is 0.251 e. The van der Waals surface area contributed by atoms with Gasteiger partial charge in [0.15, 0.2) is 0 Å². The van der Waals surface area contributed by atoms with Gasteiger partial charge < -0.3 is 15.2 Å². The van der Waals surface area contributed by atoms with Crippen molar-refractivity contribution in [1.82, 2.24) is 25.5 Å². The van der Waals surface area contributed by atoms with Crippen LogP contribution in [0.3, 0.4) is 0 Å². The van der Waals surface area contributed by atoms with E-state index in [1.807, 2.05) is 17.5 Å². The maximum atomic E-state index is 13.9. The molecule has 0 spiro atoms. The van der Waals surface area contributed by atoms with Gasteiger partial charge >= 0.3 is 0 Å². The molecule has 0 radical (unpaired) electrons. The fourth-order valence-corrected chi connectivity index (χ4v) is 5.02. The monoisotopic (exact) mass is 552 g/mol. The average molecular weight is 553 g/mol. The molecule has 2 atom stereocenters. The number of carbonyl (C=O) groups is 2. The Morgan fingerprint density at radius 1 is 1.18 bits per heavy atom. The Bertz CT molecular complexity index is 1370. The number of hydrogen-bond donors (Lipinski definition) is 2. The van der Waals surface area contributed by atoms with E-state index in [0.717, 1.165) is 17.7 Å². The fourth-order valence-electron chi connectivity index (χ4n) is 4.24. The molecule has 0 aliphatic carbocycles. The molecule has 1 fully saturated rings. The lowest BCUT2D eigenvalue weighted by Gasteiger charge is -2.31. The first-order valence-corrected chi connectivity index (χ1v) is 13.3. The SMILES string of the molecule is O=C(NC[C@@H]1CCCO1)[C@H](c1ccc(O)cc1)N(C(=O)Cn1nnc(-c2cccs2)n1)c1ccc(Cl)cc1. The molecule has 1 saturated heterocycles. The van der Waals surface area contributed by atoms with Crippen molar-refractivity contribution in [2.24, 2.45) is 0 Å². The number of aromatic hydroxyl groups is 1. The third-order valence-corrected chi connectivity index (χ3v) is 7.21. The molecular weight excluding hydrogens is 528 g/mol. The number of anilines is 1. The molecule has 4 aromatic rings. The second-order valence-corrected chi connectivity index (χ2v) is 10.1. The van der Waals surface area contributed by atoms with Crippen LogP contribution in [0.15, 0.2) is 66.0 Å². The molecule has 12 heteroatoms. The van der Waals surface area contributed by atoms with Crippen LogP contribution in [0.1, 0.15) is 24.4 Å². The van der Waals surface area contributed by atoms with Crippen molar-refractivity contribution in [3.8, 4) is 16.5 Å². The quantitative estimate of drug-likeness (QED) is 0.323. The Balaban J connectivity index is 1.48. The van der Waals surface area contributed by atoms with Gasteiger partial charge in [-0.2, -0.15) is 4.80 Å². The molecular formula is C26H25ClN6O4S. The Labute approximate surface area is 227 Å². The van der Waals surface area contributed by atoms with Crippen LogP contribution in [-0.2, 0) is 20.9 Å². The number of halogens is 1. The summed E-state index contributed by atoms with van der Waals surface area (Å²) in [5.74, 6) is -0.368. The summed E-state index contributed by atoms with van der Waals surface area (Å²) in [7, 11) is 0. The molecule has 38 heavy (non-hydrogen) atoms. The molecule has 2 aromatic heterocycles. The van der Waals surface area contributed by atoms with E-state index in [1.54, 1.807) is 36.4 Å². The van der Waals surface area contributed by atoms with Crippen LogP contribution in [0, 0.1) is 0 Å². The zero-order valence-corrected chi connectivity index (χ0v) is 21.8. The first-order valence-electron chi connectivity index (χ1n) is 12.1. The van der Waals surface area contributed by atoms with Gasteiger partial charge in [0.2, 0.25) is 11.7 Å². The van der Waals surface area contributed by atoms with Gasteiger partial charge in [-0.15, -0.1) is 21.5 Å². The van der Waals surface area contributed by atoms with Gasteiger partial charge in [-0.1, -0.05) is 29.8 Å². The van der Waals surface area contributed by atoms with Crippen LogP contribution in [0.5, 0.6) is 5.75 Å². The van der Waals surface area contributed by atoms with Crippen LogP contribution in [0.25, 0.3) is 10.7 Å². The lowest BCUT2D eigenvalue weighted by Crippen LogP contribution is -2.46. The number of thiophene rings is 1. The molecule has 1 aliphatic rings. The predicted octanol–water partition coefficient (Wildman–Crippen LogP) is 3.83. The van der Waals surface area contributed by atoms with Crippen molar-refractivity contribution in [2.75, 3.05) is 18.1 Å². The molecule has 2 amide bonds. The maximum absolute atomic E-state index is 13.9. The molecule has 0 unspecified atom stereocenters. The van der Waals surface area contributed by atoms with Crippen molar-refractivity contribution in [1.29, 1.82) is 0 Å². The molecule has 196 valence electrons. The summed E-state index contributed by atoms with van der Waals surface area (Å²) in [4.78, 5) is 31.0. The van der Waals surface area contributed by atoms with Gasteiger partial charge in [-0.05, 0) is 71.5 Å². The largest absolute Gasteiger partial charge is 0.508 e. The molecule has 5 rings (SSSR count). The molecule has 0 bridgehead atoms. The van der Waals surface area contributed by atoms with Gasteiger partial charge in [0.1, 0.15) is 18.3 Å². The van der Waals surface area contributed by atoms with Crippen molar-refractivity contribution < 1.29 is 19.4 Å². The standard InChI is InChI=1S/C26H25ClN6O4S/c27-18-7-9-19(10-8-18)33(23(35)16-32-30-25(29-31-32)22-4-2-14-38-22)24(17-5-11-20(34)12-6-17)26(36)28-15-21-3-1-13-37-21/h2,4-12,14,21,24,34H,1,3,13,15-16H2,(H,28,36)/t21-,24-/m0/s1. The minimum Gasteiger partial charge on any atom is -0.508 e. The average Bonchev–Trinajstić information content (AvgIpc) is 3.70. The van der Waals surface area contributed by atoms with E-state index in [0.29, 0.717) is 35.2 Å². The number of nitrogens with one attached hydrogen (secondary N) is 1. The van der Waals surface area contributed by atoms with Crippen LogP contribution in [0.2, 0.25) is 5.02 Å². The maximum Gasteiger partial charge on any atom is 0.251 e. The number of ether oxygens (including phenoxy) is 1. The lowest BCUT2D eigenvalue weighted by molar-refractivity contribution is -0.127. The number of aromatic nitrogens is 4. The summed E-state index contributed by atoms with van der Waals surface area (Å²) in [5.41, 5.74) is 0.977. The van der Waals surface area contributed by atoms with E-state index in [-0.39, 0.29) is 24.3 Å². The highest BCUT2D eigenvalue weighted by Gasteiger charge is 2.34. The summed E-state index contributed by atoms with van der Waals surface area (Å²) in [6.07, 6.45) is 1.72. The minimum absolute atomic E-state index is 0.0459.